The van der Waals surface area contributed by atoms with E-state index >= 15 is 0 Å². The highest BCUT2D eigenvalue weighted by Crippen LogP contribution is 2.40. The van der Waals surface area contributed by atoms with Crippen molar-refractivity contribution >= 4 is 11.8 Å². The molecular formula is C18H24F2N4O2. The summed E-state index contributed by atoms with van der Waals surface area (Å²) in [7, 11) is 0. The highest BCUT2D eigenvalue weighted by molar-refractivity contribution is 5.82. The minimum atomic E-state index is -2.67. The molecule has 2 aliphatic heterocycles. The number of nitrogens with zero attached hydrogens (tertiary/aromatic N) is 4. The fourth-order valence-corrected chi connectivity index (χ4v) is 4.02. The number of halogens is 2. The average Bonchev–Trinajstić information content (AvgIpc) is 3.13. The van der Waals surface area contributed by atoms with E-state index in [1.807, 2.05) is 15.6 Å². The topological polar surface area (TPSA) is 58.4 Å². The van der Waals surface area contributed by atoms with Crippen molar-refractivity contribution in [2.75, 3.05) is 19.6 Å². The molecule has 6 nitrogen and oxygen atoms in total. The molecule has 0 radical (unpaired) electrons. The van der Waals surface area contributed by atoms with E-state index in [1.165, 1.54) is 4.90 Å². The van der Waals surface area contributed by atoms with Crippen LogP contribution in [0.5, 0.6) is 0 Å². The number of rotatable bonds is 3. The predicted molar refractivity (Wildman–Crippen MR) is 89.3 cm³/mol. The van der Waals surface area contributed by atoms with Crippen LogP contribution in [0.25, 0.3) is 0 Å². The van der Waals surface area contributed by atoms with E-state index in [0.29, 0.717) is 19.0 Å². The molecule has 26 heavy (non-hydrogen) atoms. The van der Waals surface area contributed by atoms with Crippen molar-refractivity contribution in [2.24, 2.45) is 11.8 Å². The first-order valence-corrected chi connectivity index (χ1v) is 9.31. The van der Waals surface area contributed by atoms with Gasteiger partial charge in [-0.15, -0.1) is 0 Å². The van der Waals surface area contributed by atoms with Crippen LogP contribution in [0.4, 0.5) is 8.78 Å². The molecule has 1 saturated carbocycles. The number of hydrogen-bond acceptors (Lipinski definition) is 3. The van der Waals surface area contributed by atoms with E-state index < -0.39 is 5.92 Å². The summed E-state index contributed by atoms with van der Waals surface area (Å²) in [5, 5.41) is 4.32. The minimum absolute atomic E-state index is 0.0900. The van der Waals surface area contributed by atoms with Crippen molar-refractivity contribution in [1.29, 1.82) is 0 Å². The molecule has 2 fully saturated rings. The molecule has 0 unspecified atom stereocenters. The van der Waals surface area contributed by atoms with E-state index in [0.717, 1.165) is 12.1 Å². The Hall–Kier alpha value is -1.99. The van der Waals surface area contributed by atoms with Crippen molar-refractivity contribution in [3.8, 4) is 0 Å². The number of amides is 2. The third-order valence-corrected chi connectivity index (χ3v) is 5.88. The monoisotopic (exact) mass is 366 g/mol. The summed E-state index contributed by atoms with van der Waals surface area (Å²) in [5.74, 6) is -2.11. The number of carbonyl (C=O) groups is 2. The first-order chi connectivity index (χ1) is 12.3. The number of aromatic nitrogens is 2. The zero-order valence-electron chi connectivity index (χ0n) is 14.9. The number of hydrogen-bond donors (Lipinski definition) is 0. The van der Waals surface area contributed by atoms with Gasteiger partial charge in [0.1, 0.15) is 0 Å². The molecule has 1 saturated heterocycles. The van der Waals surface area contributed by atoms with Gasteiger partial charge in [0.2, 0.25) is 11.8 Å². The third kappa shape index (κ3) is 3.33. The van der Waals surface area contributed by atoms with Gasteiger partial charge < -0.3 is 9.80 Å². The van der Waals surface area contributed by atoms with Crippen LogP contribution in [0.1, 0.15) is 44.3 Å². The van der Waals surface area contributed by atoms with E-state index in [9.17, 15) is 18.4 Å². The number of likely N-dealkylation sites (tertiary alicyclic amines) is 1. The van der Waals surface area contributed by atoms with Crippen LogP contribution in [-0.4, -0.2) is 57.0 Å². The molecule has 1 aromatic rings. The quantitative estimate of drug-likeness (QED) is 0.823. The summed E-state index contributed by atoms with van der Waals surface area (Å²) < 4.78 is 28.4. The Kier molecular flexibility index (Phi) is 4.23. The number of alkyl halides is 2. The fraction of sp³-hybridized carbons (Fsp3) is 0.722. The Bertz CT molecular complexity index is 710. The molecule has 0 aromatic carbocycles. The van der Waals surface area contributed by atoms with E-state index in [4.69, 9.17) is 0 Å². The molecule has 1 aromatic heterocycles. The lowest BCUT2D eigenvalue weighted by Gasteiger charge is -2.36. The van der Waals surface area contributed by atoms with Gasteiger partial charge in [0, 0.05) is 44.6 Å². The lowest BCUT2D eigenvalue weighted by molar-refractivity contribution is -0.141. The summed E-state index contributed by atoms with van der Waals surface area (Å²) in [6.07, 6.45) is 2.24. The van der Waals surface area contributed by atoms with Crippen LogP contribution in [-0.2, 0) is 16.1 Å². The maximum Gasteiger partial charge on any atom is 0.251 e. The second-order valence-electron chi connectivity index (χ2n) is 7.90. The predicted octanol–water partition coefficient (Wildman–Crippen LogP) is 2.07. The molecule has 3 atom stereocenters. The molecule has 8 heteroatoms. The van der Waals surface area contributed by atoms with E-state index in [-0.39, 0.29) is 56.1 Å². The van der Waals surface area contributed by atoms with Crippen LogP contribution in [0, 0.1) is 11.8 Å². The Morgan fingerprint density at radius 1 is 1.27 bits per heavy atom. The number of carbonyl (C=O) groups excluding carboxylic acids is 2. The van der Waals surface area contributed by atoms with E-state index in [2.05, 4.69) is 12.0 Å². The molecule has 0 spiro atoms. The number of fused-ring (bicyclic) bond motifs is 1. The Balaban J connectivity index is 1.43. The van der Waals surface area contributed by atoms with Crippen LogP contribution >= 0.6 is 0 Å². The summed E-state index contributed by atoms with van der Waals surface area (Å²) in [4.78, 5) is 28.6. The Morgan fingerprint density at radius 3 is 2.62 bits per heavy atom. The van der Waals surface area contributed by atoms with Gasteiger partial charge in [0.05, 0.1) is 24.7 Å². The molecule has 0 N–H and O–H groups in total. The molecular weight excluding hydrogens is 342 g/mol. The minimum Gasteiger partial charge on any atom is -0.342 e. The van der Waals surface area contributed by atoms with Gasteiger partial charge >= 0.3 is 0 Å². The van der Waals surface area contributed by atoms with Crippen molar-refractivity contribution in [1.82, 2.24) is 19.6 Å². The van der Waals surface area contributed by atoms with Crippen molar-refractivity contribution < 1.29 is 18.4 Å². The Labute approximate surface area is 151 Å². The standard InChI is InChI=1S/C18H24F2N4O2/c1-12-8-15(12)17(26)23-10-13-2-5-21-24(13)14(11-23)9-16(25)22-6-3-18(19,20)4-7-22/h2,5,12,14-15H,3-4,6-11H2,1H3/t12-,14+,15-/m1/s1. The van der Waals surface area contributed by atoms with Crippen molar-refractivity contribution in [2.45, 2.75) is 51.1 Å². The molecule has 1 aliphatic carbocycles. The van der Waals surface area contributed by atoms with Crippen LogP contribution in [0.3, 0.4) is 0 Å². The SMILES string of the molecule is C[C@@H]1C[C@H]1C(=O)N1Cc2ccnn2[C@@H](CC(=O)N2CCC(F)(F)CC2)C1. The molecule has 3 heterocycles. The normalized spacial score (nSPS) is 30.0. The molecule has 0 bridgehead atoms. The molecule has 4 rings (SSSR count). The zero-order chi connectivity index (χ0) is 18.5. The molecule has 2 amide bonds. The average molecular weight is 366 g/mol. The smallest absolute Gasteiger partial charge is 0.251 e. The molecule has 3 aliphatic rings. The maximum absolute atomic E-state index is 13.3. The largest absolute Gasteiger partial charge is 0.342 e. The highest BCUT2D eigenvalue weighted by Gasteiger charge is 2.43. The summed E-state index contributed by atoms with van der Waals surface area (Å²) >= 11 is 0. The van der Waals surface area contributed by atoms with Crippen molar-refractivity contribution in [3.63, 3.8) is 0 Å². The zero-order valence-corrected chi connectivity index (χ0v) is 14.9. The van der Waals surface area contributed by atoms with Gasteiger partial charge in [-0.25, -0.2) is 8.78 Å². The number of piperidine rings is 1. The maximum atomic E-state index is 13.3. The van der Waals surface area contributed by atoms with Gasteiger partial charge in [-0.3, -0.25) is 14.3 Å². The summed E-state index contributed by atoms with van der Waals surface area (Å²) in [6, 6.07) is 1.64. The second-order valence-corrected chi connectivity index (χ2v) is 7.90. The highest BCUT2D eigenvalue weighted by atomic mass is 19.3. The Morgan fingerprint density at radius 2 is 1.96 bits per heavy atom. The first-order valence-electron chi connectivity index (χ1n) is 9.31. The van der Waals surface area contributed by atoms with Gasteiger partial charge in [-0.2, -0.15) is 5.10 Å². The fourth-order valence-electron chi connectivity index (χ4n) is 4.02. The lowest BCUT2D eigenvalue weighted by atomic mass is 10.0. The molecule has 142 valence electrons. The third-order valence-electron chi connectivity index (χ3n) is 5.88. The second kappa shape index (κ2) is 6.32. The van der Waals surface area contributed by atoms with Crippen LogP contribution in [0.2, 0.25) is 0 Å². The van der Waals surface area contributed by atoms with Gasteiger partial charge in [0.25, 0.3) is 5.92 Å². The first kappa shape index (κ1) is 17.4. The van der Waals surface area contributed by atoms with Gasteiger partial charge in [-0.05, 0) is 18.4 Å². The van der Waals surface area contributed by atoms with Crippen molar-refractivity contribution in [3.05, 3.63) is 18.0 Å². The lowest BCUT2D eigenvalue weighted by Crippen LogP contribution is -2.46. The summed E-state index contributed by atoms with van der Waals surface area (Å²) in [6.45, 7) is 3.22. The van der Waals surface area contributed by atoms with Gasteiger partial charge in [-0.1, -0.05) is 6.92 Å². The van der Waals surface area contributed by atoms with Crippen LogP contribution < -0.4 is 0 Å². The van der Waals surface area contributed by atoms with Crippen LogP contribution in [0.15, 0.2) is 12.3 Å². The van der Waals surface area contributed by atoms with E-state index in [1.54, 1.807) is 6.20 Å². The summed E-state index contributed by atoms with van der Waals surface area (Å²) in [5.41, 5.74) is 0.917. The van der Waals surface area contributed by atoms with Gasteiger partial charge in [0.15, 0.2) is 0 Å².